The molecule has 1 aromatic rings. The number of piperidine rings is 1. The van der Waals surface area contributed by atoms with E-state index in [1.54, 1.807) is 7.11 Å². The SMILES string of the molecule is COCCCN1CCOc2ccc(CO[C@@H]3CC[C@@H](CC(C)(C)C(=O)NC[C@@H]4[C@H]5COC[C@@H]45)NC3)cc21. The van der Waals surface area contributed by atoms with Crippen molar-refractivity contribution < 1.29 is 23.7 Å². The van der Waals surface area contributed by atoms with E-state index in [2.05, 4.69) is 47.6 Å². The van der Waals surface area contributed by atoms with Gasteiger partial charge in [-0.2, -0.15) is 0 Å². The van der Waals surface area contributed by atoms with Crippen LogP contribution in [-0.2, 0) is 25.6 Å². The van der Waals surface area contributed by atoms with Crippen molar-refractivity contribution in [2.45, 2.75) is 58.3 Å². The molecule has 0 radical (unpaired) electrons. The summed E-state index contributed by atoms with van der Waals surface area (Å²) in [5.74, 6) is 3.10. The molecule has 8 nitrogen and oxygen atoms in total. The van der Waals surface area contributed by atoms with E-state index in [0.717, 1.165) is 89.7 Å². The molecule has 1 aromatic carbocycles. The van der Waals surface area contributed by atoms with Crippen LogP contribution in [0.1, 0.15) is 45.1 Å². The van der Waals surface area contributed by atoms with Gasteiger partial charge in [-0.05, 0) is 61.1 Å². The number of rotatable bonds is 12. The molecule has 3 heterocycles. The molecule has 2 saturated heterocycles. The Hall–Kier alpha value is -1.87. The summed E-state index contributed by atoms with van der Waals surface area (Å²) in [6.07, 6.45) is 4.07. The summed E-state index contributed by atoms with van der Waals surface area (Å²) in [5.41, 5.74) is 1.95. The van der Waals surface area contributed by atoms with E-state index in [0.29, 0.717) is 30.4 Å². The van der Waals surface area contributed by atoms with Gasteiger partial charge < -0.3 is 34.5 Å². The zero-order valence-corrected chi connectivity index (χ0v) is 22.8. The number of nitrogens with zero attached hydrogens (tertiary/aromatic N) is 1. The minimum absolute atomic E-state index is 0.172. The summed E-state index contributed by atoms with van der Waals surface area (Å²) < 4.78 is 22.9. The average molecular weight is 516 g/mol. The molecule has 5 atom stereocenters. The summed E-state index contributed by atoms with van der Waals surface area (Å²) in [4.78, 5) is 15.3. The second-order valence-corrected chi connectivity index (χ2v) is 11.9. The van der Waals surface area contributed by atoms with Crippen molar-refractivity contribution in [3.8, 4) is 5.75 Å². The standard InChI is InChI=1S/C29H45N3O5/c1-29(2,28(33)31-16-23-24-18-35-19-25(23)24)14-21-6-7-22(15-30-21)37-17-20-5-8-27-26(13-20)32(10-12-36-27)9-4-11-34-3/h5,8,13,21-25,30H,4,6-7,9-12,14-19H2,1-3H3,(H,31,33)/t21-,22+,23-,24-,25+/m0/s1. The number of hydrogen-bond donors (Lipinski definition) is 2. The molecule has 3 fully saturated rings. The number of amides is 1. The van der Waals surface area contributed by atoms with Crippen molar-refractivity contribution in [1.82, 2.24) is 10.6 Å². The first-order valence-corrected chi connectivity index (χ1v) is 14.2. The lowest BCUT2D eigenvalue weighted by atomic mass is 9.82. The minimum Gasteiger partial charge on any atom is -0.490 e. The molecule has 4 aliphatic rings. The van der Waals surface area contributed by atoms with Gasteiger partial charge in [0.1, 0.15) is 12.4 Å². The normalized spacial score (nSPS) is 28.8. The maximum atomic E-state index is 12.9. The van der Waals surface area contributed by atoms with E-state index in [1.165, 1.54) is 5.56 Å². The lowest BCUT2D eigenvalue weighted by Crippen LogP contribution is -2.47. The molecule has 2 N–H and O–H groups in total. The predicted octanol–water partition coefficient (Wildman–Crippen LogP) is 2.98. The maximum Gasteiger partial charge on any atom is 0.225 e. The quantitative estimate of drug-likeness (QED) is 0.414. The van der Waals surface area contributed by atoms with Crippen LogP contribution in [0, 0.1) is 23.2 Å². The van der Waals surface area contributed by atoms with Crippen LogP contribution in [0.15, 0.2) is 18.2 Å². The number of hydrogen-bond acceptors (Lipinski definition) is 7. The molecule has 0 spiro atoms. The highest BCUT2D eigenvalue weighted by Gasteiger charge is 2.53. The van der Waals surface area contributed by atoms with E-state index in [1.807, 2.05) is 0 Å². The highest BCUT2D eigenvalue weighted by Crippen LogP contribution is 2.50. The maximum absolute atomic E-state index is 12.9. The third kappa shape index (κ3) is 6.59. The van der Waals surface area contributed by atoms with Gasteiger partial charge in [-0.1, -0.05) is 19.9 Å². The fraction of sp³-hybridized carbons (Fsp3) is 0.759. The van der Waals surface area contributed by atoms with Gasteiger partial charge >= 0.3 is 0 Å². The second-order valence-electron chi connectivity index (χ2n) is 11.9. The molecule has 3 aliphatic heterocycles. The van der Waals surface area contributed by atoms with Gasteiger partial charge in [-0.3, -0.25) is 4.79 Å². The molecule has 206 valence electrons. The van der Waals surface area contributed by atoms with Gasteiger partial charge in [0, 0.05) is 44.8 Å². The Morgan fingerprint density at radius 1 is 1.24 bits per heavy atom. The Bertz CT molecular complexity index is 907. The van der Waals surface area contributed by atoms with Crippen molar-refractivity contribution in [3.05, 3.63) is 23.8 Å². The summed E-state index contributed by atoms with van der Waals surface area (Å²) in [6, 6.07) is 6.74. The number of ether oxygens (including phenoxy) is 4. The van der Waals surface area contributed by atoms with Gasteiger partial charge in [0.05, 0.1) is 38.2 Å². The molecule has 1 amide bonds. The molecular weight excluding hydrogens is 470 g/mol. The third-order valence-electron chi connectivity index (χ3n) is 8.72. The van der Waals surface area contributed by atoms with E-state index < -0.39 is 0 Å². The van der Waals surface area contributed by atoms with E-state index in [-0.39, 0.29) is 17.4 Å². The lowest BCUT2D eigenvalue weighted by molar-refractivity contribution is -0.130. The first-order chi connectivity index (χ1) is 17.9. The molecule has 8 heteroatoms. The monoisotopic (exact) mass is 515 g/mol. The minimum atomic E-state index is -0.383. The van der Waals surface area contributed by atoms with Crippen molar-refractivity contribution in [1.29, 1.82) is 0 Å². The highest BCUT2D eigenvalue weighted by molar-refractivity contribution is 5.81. The van der Waals surface area contributed by atoms with Crippen LogP contribution in [0.2, 0.25) is 0 Å². The molecule has 1 saturated carbocycles. The zero-order chi connectivity index (χ0) is 25.8. The zero-order valence-electron chi connectivity index (χ0n) is 22.8. The van der Waals surface area contributed by atoms with Crippen molar-refractivity contribution in [2.75, 3.05) is 64.6 Å². The molecule has 37 heavy (non-hydrogen) atoms. The summed E-state index contributed by atoms with van der Waals surface area (Å²) >= 11 is 0. The van der Waals surface area contributed by atoms with Gasteiger partial charge in [0.2, 0.25) is 5.91 Å². The van der Waals surface area contributed by atoms with Gasteiger partial charge in [0.15, 0.2) is 0 Å². The van der Waals surface area contributed by atoms with Crippen LogP contribution < -0.4 is 20.3 Å². The van der Waals surface area contributed by atoms with Crippen molar-refractivity contribution in [3.63, 3.8) is 0 Å². The van der Waals surface area contributed by atoms with Gasteiger partial charge in [0.25, 0.3) is 0 Å². The van der Waals surface area contributed by atoms with Crippen molar-refractivity contribution >= 4 is 11.6 Å². The third-order valence-corrected chi connectivity index (χ3v) is 8.72. The van der Waals surface area contributed by atoms with E-state index >= 15 is 0 Å². The fourth-order valence-electron chi connectivity index (χ4n) is 6.28. The van der Waals surface area contributed by atoms with Gasteiger partial charge in [-0.15, -0.1) is 0 Å². The largest absolute Gasteiger partial charge is 0.490 e. The molecular formula is C29H45N3O5. The lowest BCUT2D eigenvalue weighted by Gasteiger charge is -2.35. The Labute approximate surface area is 221 Å². The summed E-state index contributed by atoms with van der Waals surface area (Å²) in [5, 5.41) is 6.87. The number of carbonyl (C=O) groups is 1. The van der Waals surface area contributed by atoms with Crippen LogP contribution in [0.4, 0.5) is 5.69 Å². The van der Waals surface area contributed by atoms with Crippen LogP contribution in [-0.4, -0.2) is 77.8 Å². The summed E-state index contributed by atoms with van der Waals surface area (Å²) in [7, 11) is 1.75. The van der Waals surface area contributed by atoms with Gasteiger partial charge in [-0.25, -0.2) is 0 Å². The van der Waals surface area contributed by atoms with E-state index in [4.69, 9.17) is 18.9 Å². The van der Waals surface area contributed by atoms with Crippen LogP contribution in [0.3, 0.4) is 0 Å². The molecule has 5 rings (SSSR count). The Morgan fingerprint density at radius 3 is 2.84 bits per heavy atom. The number of nitrogens with one attached hydrogen (secondary N) is 2. The average Bonchev–Trinajstić information content (AvgIpc) is 3.32. The Balaban J connectivity index is 1.03. The molecule has 0 bridgehead atoms. The molecule has 0 unspecified atom stereocenters. The smallest absolute Gasteiger partial charge is 0.225 e. The summed E-state index contributed by atoms with van der Waals surface area (Å²) in [6.45, 7) is 11.5. The fourth-order valence-corrected chi connectivity index (χ4v) is 6.28. The van der Waals surface area contributed by atoms with Crippen molar-refractivity contribution in [2.24, 2.45) is 23.2 Å². The van der Waals surface area contributed by atoms with E-state index in [9.17, 15) is 4.79 Å². The number of carbonyl (C=O) groups excluding carboxylic acids is 1. The topological polar surface area (TPSA) is 81.3 Å². The highest BCUT2D eigenvalue weighted by atomic mass is 16.5. The Kier molecular flexibility index (Phi) is 8.59. The Morgan fingerprint density at radius 2 is 2.08 bits per heavy atom. The predicted molar refractivity (Wildman–Crippen MR) is 143 cm³/mol. The number of methoxy groups -OCH3 is 1. The number of benzene rings is 1. The number of fused-ring (bicyclic) bond motifs is 2. The second kappa shape index (κ2) is 11.9. The van der Waals surface area contributed by atoms with Crippen LogP contribution in [0.25, 0.3) is 0 Å². The number of anilines is 1. The first-order valence-electron chi connectivity index (χ1n) is 14.2. The molecule has 0 aromatic heterocycles. The van der Waals surface area contributed by atoms with Crippen LogP contribution in [0.5, 0.6) is 5.75 Å². The van der Waals surface area contributed by atoms with Crippen LogP contribution >= 0.6 is 0 Å². The first kappa shape index (κ1) is 26.7. The molecule has 1 aliphatic carbocycles.